The van der Waals surface area contributed by atoms with Gasteiger partial charge in [0.05, 0.1) is 4.88 Å². The van der Waals surface area contributed by atoms with E-state index in [0.29, 0.717) is 29.5 Å². The third kappa shape index (κ3) is 4.60. The van der Waals surface area contributed by atoms with Gasteiger partial charge < -0.3 is 10.2 Å². The summed E-state index contributed by atoms with van der Waals surface area (Å²) in [5, 5.41) is 8.99. The summed E-state index contributed by atoms with van der Waals surface area (Å²) in [6.45, 7) is 5.97. The predicted molar refractivity (Wildman–Crippen MR) is 118 cm³/mol. The maximum absolute atomic E-state index is 12.9. The first-order chi connectivity index (χ1) is 14.5. The van der Waals surface area contributed by atoms with Crippen LogP contribution in [0.15, 0.2) is 47.8 Å². The number of piperazine rings is 1. The summed E-state index contributed by atoms with van der Waals surface area (Å²) in [7, 11) is 1.72. The van der Waals surface area contributed by atoms with Crippen LogP contribution in [0.3, 0.4) is 0 Å². The lowest BCUT2D eigenvalue weighted by atomic mass is 10.1. The summed E-state index contributed by atoms with van der Waals surface area (Å²) < 4.78 is 1.53. The van der Waals surface area contributed by atoms with Gasteiger partial charge >= 0.3 is 0 Å². The molecule has 1 aliphatic heterocycles. The molecule has 1 fully saturated rings. The summed E-state index contributed by atoms with van der Waals surface area (Å²) >= 11 is 1.37. The van der Waals surface area contributed by atoms with Crippen molar-refractivity contribution in [2.75, 3.05) is 31.5 Å². The van der Waals surface area contributed by atoms with Crippen LogP contribution in [0.4, 0.5) is 5.82 Å². The predicted octanol–water partition coefficient (Wildman–Crippen LogP) is 3.00. The van der Waals surface area contributed by atoms with Crippen LogP contribution in [0.5, 0.6) is 0 Å². The van der Waals surface area contributed by atoms with Gasteiger partial charge in [-0.2, -0.15) is 5.10 Å². The molecule has 2 aromatic heterocycles. The van der Waals surface area contributed by atoms with Crippen LogP contribution < -0.4 is 5.32 Å². The molecule has 0 radical (unpaired) electrons. The fourth-order valence-corrected chi connectivity index (χ4v) is 4.12. The van der Waals surface area contributed by atoms with Gasteiger partial charge in [-0.05, 0) is 23.9 Å². The molecule has 0 spiro atoms. The van der Waals surface area contributed by atoms with Gasteiger partial charge in [-0.15, -0.1) is 11.3 Å². The van der Waals surface area contributed by atoms with Crippen molar-refractivity contribution in [3.63, 3.8) is 0 Å². The molecule has 0 unspecified atom stereocenters. The number of hydrogen-bond donors (Lipinski definition) is 1. The van der Waals surface area contributed by atoms with Crippen LogP contribution in [0, 0.1) is 6.92 Å². The normalized spacial score (nSPS) is 14.7. The molecule has 8 heteroatoms. The van der Waals surface area contributed by atoms with Gasteiger partial charge in [0.25, 0.3) is 11.8 Å². The molecule has 0 saturated carbocycles. The van der Waals surface area contributed by atoms with Crippen LogP contribution in [0.1, 0.15) is 31.3 Å². The Kier molecular flexibility index (Phi) is 5.96. The second-order valence-corrected chi connectivity index (χ2v) is 8.47. The van der Waals surface area contributed by atoms with Crippen LogP contribution in [-0.4, -0.2) is 57.6 Å². The highest BCUT2D eigenvalue weighted by Crippen LogP contribution is 2.17. The number of benzene rings is 1. The summed E-state index contributed by atoms with van der Waals surface area (Å²) in [5.41, 5.74) is 2.90. The van der Waals surface area contributed by atoms with Gasteiger partial charge in [0.2, 0.25) is 0 Å². The van der Waals surface area contributed by atoms with Gasteiger partial charge in [-0.3, -0.25) is 19.2 Å². The van der Waals surface area contributed by atoms with E-state index < -0.39 is 0 Å². The number of rotatable bonds is 5. The number of carbonyl (C=O) groups is 2. The van der Waals surface area contributed by atoms with Gasteiger partial charge in [-0.25, -0.2) is 0 Å². The highest BCUT2D eigenvalue weighted by Gasteiger charge is 2.25. The molecule has 1 aliphatic rings. The number of nitrogens with zero attached hydrogens (tertiary/aromatic N) is 4. The molecular weight excluding hydrogens is 398 g/mol. The molecule has 4 rings (SSSR count). The molecule has 0 aliphatic carbocycles. The second-order valence-electron chi connectivity index (χ2n) is 7.52. The first-order valence-corrected chi connectivity index (χ1v) is 10.8. The number of carbonyl (C=O) groups excluding carboxylic acids is 2. The van der Waals surface area contributed by atoms with E-state index in [1.54, 1.807) is 19.2 Å². The van der Waals surface area contributed by atoms with Gasteiger partial charge in [0.15, 0.2) is 5.69 Å². The van der Waals surface area contributed by atoms with E-state index in [1.807, 2.05) is 16.3 Å². The van der Waals surface area contributed by atoms with Crippen molar-refractivity contribution in [1.29, 1.82) is 0 Å². The summed E-state index contributed by atoms with van der Waals surface area (Å²) in [4.78, 5) is 30.0. The molecule has 7 nitrogen and oxygen atoms in total. The Morgan fingerprint density at radius 1 is 1.10 bits per heavy atom. The van der Waals surface area contributed by atoms with Crippen molar-refractivity contribution in [3.05, 3.63) is 69.5 Å². The third-order valence-corrected chi connectivity index (χ3v) is 6.14. The van der Waals surface area contributed by atoms with Crippen molar-refractivity contribution in [2.24, 2.45) is 7.05 Å². The highest BCUT2D eigenvalue weighted by atomic mass is 32.1. The molecule has 3 heterocycles. The number of amides is 2. The van der Waals surface area contributed by atoms with Gasteiger partial charge in [0.1, 0.15) is 5.82 Å². The zero-order valence-electron chi connectivity index (χ0n) is 17.2. The van der Waals surface area contributed by atoms with E-state index in [4.69, 9.17) is 0 Å². The summed E-state index contributed by atoms with van der Waals surface area (Å²) in [5.74, 6) is 0.212. The van der Waals surface area contributed by atoms with E-state index in [1.165, 1.54) is 27.1 Å². The number of hydrogen-bond acceptors (Lipinski definition) is 5. The smallest absolute Gasteiger partial charge is 0.274 e. The van der Waals surface area contributed by atoms with E-state index in [9.17, 15) is 9.59 Å². The minimum atomic E-state index is -0.197. The van der Waals surface area contributed by atoms with Crippen molar-refractivity contribution < 1.29 is 9.59 Å². The average Bonchev–Trinajstić information content (AvgIpc) is 3.40. The molecular formula is C22H25N5O2S. The lowest BCUT2D eigenvalue weighted by Gasteiger charge is -2.34. The number of thiophene rings is 1. The Labute approximate surface area is 179 Å². The van der Waals surface area contributed by atoms with Crippen molar-refractivity contribution >= 4 is 29.0 Å². The number of aromatic nitrogens is 2. The molecule has 1 N–H and O–H groups in total. The quantitative estimate of drug-likeness (QED) is 0.685. The van der Waals surface area contributed by atoms with E-state index in [2.05, 4.69) is 46.5 Å². The molecule has 2 amide bonds. The fraction of sp³-hybridized carbons (Fsp3) is 0.318. The Morgan fingerprint density at radius 2 is 1.83 bits per heavy atom. The number of anilines is 1. The van der Waals surface area contributed by atoms with E-state index in [-0.39, 0.29) is 11.8 Å². The lowest BCUT2D eigenvalue weighted by Crippen LogP contribution is -2.48. The zero-order chi connectivity index (χ0) is 21.1. The first-order valence-electron chi connectivity index (χ1n) is 9.95. The summed E-state index contributed by atoms with van der Waals surface area (Å²) in [6.07, 6.45) is 0. The second kappa shape index (κ2) is 8.81. The van der Waals surface area contributed by atoms with Crippen LogP contribution in [-0.2, 0) is 13.6 Å². The van der Waals surface area contributed by atoms with E-state index >= 15 is 0 Å². The minimum Gasteiger partial charge on any atom is -0.335 e. The molecule has 3 aromatic rings. The molecule has 156 valence electrons. The Morgan fingerprint density at radius 3 is 2.50 bits per heavy atom. The first kappa shape index (κ1) is 20.3. The lowest BCUT2D eigenvalue weighted by molar-refractivity contribution is 0.0622. The van der Waals surface area contributed by atoms with Crippen LogP contribution in [0.25, 0.3) is 0 Å². The standard InChI is InChI=1S/C22H25N5O2S/c1-16-5-7-17(8-6-16)15-26-9-11-27(12-10-26)22(29)18-14-20(25(2)24-18)23-21(28)19-4-3-13-30-19/h3-8,13-14H,9-12,15H2,1-2H3,(H,23,28). The largest absolute Gasteiger partial charge is 0.335 e. The fourth-order valence-electron chi connectivity index (χ4n) is 3.50. The number of nitrogens with one attached hydrogen (secondary N) is 1. The average molecular weight is 424 g/mol. The SMILES string of the molecule is Cc1ccc(CN2CCN(C(=O)c3cc(NC(=O)c4cccs4)n(C)n3)CC2)cc1. The molecule has 0 atom stereocenters. The maximum atomic E-state index is 12.9. The Hall–Kier alpha value is -2.97. The zero-order valence-corrected chi connectivity index (χ0v) is 18.0. The van der Waals surface area contributed by atoms with Crippen LogP contribution in [0.2, 0.25) is 0 Å². The molecule has 30 heavy (non-hydrogen) atoms. The molecule has 0 bridgehead atoms. The van der Waals surface area contributed by atoms with Crippen LogP contribution >= 0.6 is 11.3 Å². The maximum Gasteiger partial charge on any atom is 0.274 e. The molecule has 1 saturated heterocycles. The van der Waals surface area contributed by atoms with Crippen molar-refractivity contribution in [1.82, 2.24) is 19.6 Å². The van der Waals surface area contributed by atoms with E-state index in [0.717, 1.165) is 19.6 Å². The highest BCUT2D eigenvalue weighted by molar-refractivity contribution is 7.12. The Bertz CT molecular complexity index is 1020. The van der Waals surface area contributed by atoms with Gasteiger partial charge in [-0.1, -0.05) is 35.9 Å². The topological polar surface area (TPSA) is 70.5 Å². The molecule has 1 aromatic carbocycles. The monoisotopic (exact) mass is 423 g/mol. The number of aryl methyl sites for hydroxylation is 2. The third-order valence-electron chi connectivity index (χ3n) is 5.27. The van der Waals surface area contributed by atoms with Gasteiger partial charge in [0, 0.05) is 45.8 Å². The van der Waals surface area contributed by atoms with Crippen molar-refractivity contribution in [3.8, 4) is 0 Å². The summed E-state index contributed by atoms with van der Waals surface area (Å²) in [6, 6.07) is 13.8. The Balaban J connectivity index is 1.34. The minimum absolute atomic E-state index is 0.0998. The van der Waals surface area contributed by atoms with Crippen molar-refractivity contribution in [2.45, 2.75) is 13.5 Å².